The highest BCUT2D eigenvalue weighted by Crippen LogP contribution is 2.39. The highest BCUT2D eigenvalue weighted by Gasteiger charge is 2.32. The van der Waals surface area contributed by atoms with Gasteiger partial charge in [0.1, 0.15) is 0 Å². The van der Waals surface area contributed by atoms with Crippen LogP contribution in [0.5, 0.6) is 0 Å². The molecule has 0 fully saturated rings. The summed E-state index contributed by atoms with van der Waals surface area (Å²) in [6, 6.07) is 9.61. The van der Waals surface area contributed by atoms with E-state index in [4.69, 9.17) is 0 Å². The predicted octanol–water partition coefficient (Wildman–Crippen LogP) is 4.03. The van der Waals surface area contributed by atoms with E-state index in [0.29, 0.717) is 29.9 Å². The van der Waals surface area contributed by atoms with Crippen molar-refractivity contribution in [1.29, 1.82) is 0 Å². The first-order chi connectivity index (χ1) is 14.3. The minimum absolute atomic E-state index is 0.146. The third-order valence-electron chi connectivity index (χ3n) is 5.50. The number of nitrogens with one attached hydrogen (secondary N) is 2. The van der Waals surface area contributed by atoms with E-state index in [-0.39, 0.29) is 5.91 Å². The summed E-state index contributed by atoms with van der Waals surface area (Å²) in [5.74, 6) is -0.146. The van der Waals surface area contributed by atoms with Gasteiger partial charge in [0, 0.05) is 41.3 Å². The van der Waals surface area contributed by atoms with Gasteiger partial charge in [0.05, 0.1) is 6.26 Å². The van der Waals surface area contributed by atoms with Crippen molar-refractivity contribution in [3.05, 3.63) is 51.7 Å². The van der Waals surface area contributed by atoms with Gasteiger partial charge in [-0.25, -0.2) is 8.42 Å². The summed E-state index contributed by atoms with van der Waals surface area (Å²) in [6.07, 6.45) is 5.69. The van der Waals surface area contributed by atoms with E-state index in [9.17, 15) is 13.2 Å². The number of rotatable bonds is 9. The molecule has 1 amide bonds. The Balaban J connectivity index is 1.58. The Labute approximate surface area is 183 Å². The second kappa shape index (κ2) is 9.94. The molecule has 2 atom stereocenters. The molecule has 3 rings (SSSR count). The van der Waals surface area contributed by atoms with Crippen molar-refractivity contribution in [2.24, 2.45) is 0 Å². The fourth-order valence-electron chi connectivity index (χ4n) is 4.08. The van der Waals surface area contributed by atoms with Gasteiger partial charge in [-0.15, -0.1) is 11.3 Å². The highest BCUT2D eigenvalue weighted by atomic mass is 32.2. The molecule has 2 heterocycles. The molecule has 0 radical (unpaired) electrons. The Morgan fingerprint density at radius 3 is 2.63 bits per heavy atom. The zero-order valence-electron chi connectivity index (χ0n) is 17.8. The molecule has 2 aromatic rings. The number of nitrogens with zero attached hydrogens (tertiary/aromatic N) is 1. The molecule has 1 aromatic carbocycles. The van der Waals surface area contributed by atoms with Gasteiger partial charge < -0.3 is 5.32 Å². The maximum Gasteiger partial charge on any atom is 0.251 e. The lowest BCUT2D eigenvalue weighted by Gasteiger charge is -2.40. The minimum Gasteiger partial charge on any atom is -0.351 e. The fraction of sp³-hybridized carbons (Fsp3) is 0.500. The third kappa shape index (κ3) is 5.83. The number of fused-ring (bicyclic) bond motifs is 1. The van der Waals surface area contributed by atoms with Crippen LogP contribution in [0.4, 0.5) is 5.69 Å². The summed E-state index contributed by atoms with van der Waals surface area (Å²) in [4.78, 5) is 16.5. The van der Waals surface area contributed by atoms with Crippen molar-refractivity contribution < 1.29 is 13.2 Å². The standard InChI is InChI=1S/C22H31N3O3S2/c1-4-5-6-20-21-18(11-14-29-21)15-16(2)25(20)13-12-23-22(26)17-7-9-19(10-8-17)24-30(3,27)28/h7-11,14,16,20,24H,4-6,12-13,15H2,1-3H3,(H,23,26). The number of amides is 1. The quantitative estimate of drug-likeness (QED) is 0.606. The molecule has 1 aliphatic heterocycles. The lowest BCUT2D eigenvalue weighted by Crippen LogP contribution is -2.45. The van der Waals surface area contributed by atoms with Crippen molar-refractivity contribution in [2.75, 3.05) is 24.1 Å². The first-order valence-electron chi connectivity index (χ1n) is 10.5. The first-order valence-corrected chi connectivity index (χ1v) is 13.2. The maximum absolute atomic E-state index is 12.5. The maximum atomic E-state index is 12.5. The van der Waals surface area contributed by atoms with E-state index in [2.05, 4.69) is 40.2 Å². The summed E-state index contributed by atoms with van der Waals surface area (Å²) >= 11 is 1.85. The first kappa shape index (κ1) is 22.8. The van der Waals surface area contributed by atoms with Gasteiger partial charge in [-0.2, -0.15) is 0 Å². The number of carbonyl (C=O) groups excluding carboxylic acids is 1. The van der Waals surface area contributed by atoms with Crippen molar-refractivity contribution in [2.45, 2.75) is 51.6 Å². The highest BCUT2D eigenvalue weighted by molar-refractivity contribution is 7.92. The molecule has 0 spiro atoms. The van der Waals surface area contributed by atoms with E-state index in [1.165, 1.54) is 23.3 Å². The van der Waals surface area contributed by atoms with E-state index >= 15 is 0 Å². The molecule has 0 bridgehead atoms. The fourth-order valence-corrected chi connectivity index (χ4v) is 5.73. The van der Waals surface area contributed by atoms with Crippen molar-refractivity contribution in [3.63, 3.8) is 0 Å². The average molecular weight is 450 g/mol. The molecule has 2 N–H and O–H groups in total. The van der Waals surface area contributed by atoms with Gasteiger partial charge in [0.2, 0.25) is 10.0 Å². The second-order valence-corrected chi connectivity index (χ2v) is 10.7. The summed E-state index contributed by atoms with van der Waals surface area (Å²) in [7, 11) is -3.33. The number of thiophene rings is 1. The molecule has 0 aliphatic carbocycles. The number of sulfonamides is 1. The number of unbranched alkanes of at least 4 members (excludes halogenated alkanes) is 1. The van der Waals surface area contributed by atoms with Gasteiger partial charge in [-0.3, -0.25) is 14.4 Å². The predicted molar refractivity (Wildman–Crippen MR) is 124 cm³/mol. The van der Waals surface area contributed by atoms with E-state index in [1.807, 2.05) is 11.3 Å². The second-order valence-electron chi connectivity index (χ2n) is 7.97. The van der Waals surface area contributed by atoms with Crippen LogP contribution in [-0.4, -0.2) is 44.6 Å². The SMILES string of the molecule is CCCCC1c2sccc2CC(C)N1CCNC(=O)c1ccc(NS(C)(=O)=O)cc1. The molecule has 0 saturated carbocycles. The Hall–Kier alpha value is -1.90. The molecule has 1 aromatic heterocycles. The number of benzene rings is 1. The van der Waals surface area contributed by atoms with Crippen LogP contribution in [0.3, 0.4) is 0 Å². The summed E-state index contributed by atoms with van der Waals surface area (Å²) in [6.45, 7) is 5.89. The van der Waals surface area contributed by atoms with Crippen LogP contribution in [0, 0.1) is 0 Å². The van der Waals surface area contributed by atoms with E-state index < -0.39 is 10.0 Å². The molecule has 0 saturated heterocycles. The Morgan fingerprint density at radius 1 is 1.23 bits per heavy atom. The van der Waals surface area contributed by atoms with Gasteiger partial charge in [-0.05, 0) is 61.0 Å². The van der Waals surface area contributed by atoms with Crippen molar-refractivity contribution in [3.8, 4) is 0 Å². The van der Waals surface area contributed by atoms with Crippen LogP contribution in [-0.2, 0) is 16.4 Å². The lowest BCUT2D eigenvalue weighted by atomic mass is 9.93. The smallest absolute Gasteiger partial charge is 0.251 e. The molecular formula is C22H31N3O3S2. The topological polar surface area (TPSA) is 78.5 Å². The molecule has 164 valence electrons. The van der Waals surface area contributed by atoms with Crippen LogP contribution < -0.4 is 10.0 Å². The zero-order chi connectivity index (χ0) is 21.7. The van der Waals surface area contributed by atoms with Crippen molar-refractivity contribution >= 4 is 33.0 Å². The number of carbonyl (C=O) groups is 1. The summed E-state index contributed by atoms with van der Waals surface area (Å²) < 4.78 is 25.0. The van der Waals surface area contributed by atoms with Crippen LogP contribution in [0.15, 0.2) is 35.7 Å². The Bertz CT molecular complexity index is 954. The monoisotopic (exact) mass is 449 g/mol. The lowest BCUT2D eigenvalue weighted by molar-refractivity contribution is 0.0917. The number of hydrogen-bond donors (Lipinski definition) is 2. The molecule has 30 heavy (non-hydrogen) atoms. The van der Waals surface area contributed by atoms with Crippen LogP contribution in [0.25, 0.3) is 0 Å². The van der Waals surface area contributed by atoms with Gasteiger partial charge in [0.25, 0.3) is 5.91 Å². The average Bonchev–Trinajstić information content (AvgIpc) is 3.14. The van der Waals surface area contributed by atoms with Crippen LogP contribution >= 0.6 is 11.3 Å². The molecule has 6 nitrogen and oxygen atoms in total. The molecule has 2 unspecified atom stereocenters. The minimum atomic E-state index is -3.33. The van der Waals surface area contributed by atoms with Gasteiger partial charge in [0.15, 0.2) is 0 Å². The van der Waals surface area contributed by atoms with E-state index in [1.54, 1.807) is 24.3 Å². The molecular weight excluding hydrogens is 418 g/mol. The Kier molecular flexibility index (Phi) is 7.55. The third-order valence-corrected chi connectivity index (χ3v) is 7.17. The summed E-state index contributed by atoms with van der Waals surface area (Å²) in [5.41, 5.74) is 2.45. The normalized spacial score (nSPS) is 19.3. The van der Waals surface area contributed by atoms with Gasteiger partial charge >= 0.3 is 0 Å². The summed E-state index contributed by atoms with van der Waals surface area (Å²) in [5, 5.41) is 5.21. The zero-order valence-corrected chi connectivity index (χ0v) is 19.5. The van der Waals surface area contributed by atoms with E-state index in [0.717, 1.165) is 25.6 Å². The number of anilines is 1. The van der Waals surface area contributed by atoms with Gasteiger partial charge in [-0.1, -0.05) is 19.8 Å². The molecule has 1 aliphatic rings. The molecule has 8 heteroatoms. The number of hydrogen-bond acceptors (Lipinski definition) is 5. The van der Waals surface area contributed by atoms with Crippen LogP contribution in [0.1, 0.15) is 60.0 Å². The van der Waals surface area contributed by atoms with Crippen LogP contribution in [0.2, 0.25) is 0 Å². The Morgan fingerprint density at radius 2 is 1.97 bits per heavy atom. The largest absolute Gasteiger partial charge is 0.351 e. The van der Waals surface area contributed by atoms with Crippen molar-refractivity contribution in [1.82, 2.24) is 10.2 Å².